The molecule has 0 radical (unpaired) electrons. The molecular weight excluding hydrogens is 623 g/mol. The van der Waals surface area contributed by atoms with E-state index in [0.29, 0.717) is 45.9 Å². The Morgan fingerprint density at radius 3 is 2.61 bits per heavy atom. The van der Waals surface area contributed by atoms with E-state index < -0.39 is 10.5 Å². The molecular formula is C36H40Cl2N4O4. The van der Waals surface area contributed by atoms with Gasteiger partial charge in [0.05, 0.1) is 17.2 Å². The smallest absolute Gasteiger partial charge is 0.143 e. The summed E-state index contributed by atoms with van der Waals surface area (Å²) in [5, 5.41) is 19.6. The quantitative estimate of drug-likeness (QED) is 0.164. The van der Waals surface area contributed by atoms with Crippen molar-refractivity contribution in [1.29, 1.82) is 5.26 Å². The minimum Gasteiger partial charge on any atom is -0.488 e. The summed E-state index contributed by atoms with van der Waals surface area (Å²) >= 11 is 14.2. The number of aliphatic hydroxyl groups excluding tert-OH is 1. The number of hydrogen-bond acceptors (Lipinski definition) is 8. The lowest BCUT2D eigenvalue weighted by Crippen LogP contribution is -2.57. The minimum atomic E-state index is -1.03. The van der Waals surface area contributed by atoms with Crippen LogP contribution in [0.5, 0.6) is 11.5 Å². The molecule has 1 aliphatic carbocycles. The Kier molecular flexibility index (Phi) is 11.1. The van der Waals surface area contributed by atoms with E-state index in [1.165, 1.54) is 6.20 Å². The molecule has 242 valence electrons. The first-order chi connectivity index (χ1) is 22.2. The number of allylic oxidation sites excluding steroid dienone is 2. The normalized spacial score (nSPS) is 21.5. The Hall–Kier alpha value is -3.42. The van der Waals surface area contributed by atoms with E-state index in [1.54, 1.807) is 24.4 Å². The van der Waals surface area contributed by atoms with E-state index in [0.717, 1.165) is 37.2 Å². The summed E-state index contributed by atoms with van der Waals surface area (Å²) in [6, 6.07) is 17.7. The Labute approximate surface area is 281 Å². The number of nitriles is 1. The Morgan fingerprint density at radius 2 is 1.89 bits per heavy atom. The number of benzene rings is 2. The number of aliphatic hydroxyl groups is 1. The molecule has 2 aromatic carbocycles. The second-order valence-corrected chi connectivity index (χ2v) is 13.3. The van der Waals surface area contributed by atoms with E-state index in [4.69, 9.17) is 37.4 Å². The van der Waals surface area contributed by atoms with E-state index in [9.17, 15) is 10.4 Å². The minimum absolute atomic E-state index is 0.0753. The monoisotopic (exact) mass is 662 g/mol. The molecule has 0 spiro atoms. The summed E-state index contributed by atoms with van der Waals surface area (Å²) in [7, 11) is 4.24. The van der Waals surface area contributed by atoms with Gasteiger partial charge in [0.2, 0.25) is 0 Å². The summed E-state index contributed by atoms with van der Waals surface area (Å²) in [6.07, 6.45) is 9.94. The molecule has 10 heteroatoms. The first-order valence-corrected chi connectivity index (χ1v) is 16.1. The summed E-state index contributed by atoms with van der Waals surface area (Å²) in [4.78, 5) is 7.81. The number of nitrogens with zero attached hydrogens (tertiary/aromatic N) is 4. The number of ether oxygens (including phenoxy) is 3. The zero-order valence-corrected chi connectivity index (χ0v) is 28.0. The molecule has 1 N–H and O–H groups in total. The van der Waals surface area contributed by atoms with Gasteiger partial charge in [0.1, 0.15) is 41.3 Å². The molecule has 1 saturated heterocycles. The summed E-state index contributed by atoms with van der Waals surface area (Å²) in [5.41, 5.74) is 2.56. The molecule has 3 aromatic rings. The van der Waals surface area contributed by atoms with E-state index in [-0.39, 0.29) is 19.8 Å². The molecule has 5 rings (SSSR count). The van der Waals surface area contributed by atoms with Gasteiger partial charge < -0.3 is 29.1 Å². The highest BCUT2D eigenvalue weighted by Crippen LogP contribution is 2.47. The molecule has 1 aromatic heterocycles. The average molecular weight is 664 g/mol. The highest BCUT2D eigenvalue weighted by atomic mass is 35.5. The number of aromatic nitrogens is 1. The maximum atomic E-state index is 10.0. The Morgan fingerprint density at radius 1 is 1.11 bits per heavy atom. The molecule has 2 atom stereocenters. The maximum absolute atomic E-state index is 10.0. The van der Waals surface area contributed by atoms with Crippen molar-refractivity contribution in [3.63, 3.8) is 0 Å². The van der Waals surface area contributed by atoms with Crippen LogP contribution in [0, 0.1) is 11.3 Å². The van der Waals surface area contributed by atoms with Gasteiger partial charge in [-0.05, 0) is 56.8 Å². The van der Waals surface area contributed by atoms with Crippen LogP contribution in [0.25, 0.3) is 5.57 Å². The predicted molar refractivity (Wildman–Crippen MR) is 181 cm³/mol. The van der Waals surface area contributed by atoms with Crippen molar-refractivity contribution in [3.05, 3.63) is 106 Å². The fraction of sp³-hybridized carbons (Fsp3) is 0.389. The van der Waals surface area contributed by atoms with Crippen LogP contribution < -0.4 is 9.47 Å². The van der Waals surface area contributed by atoms with Crippen LogP contribution in [0.1, 0.15) is 35.6 Å². The molecule has 0 amide bonds. The molecule has 8 nitrogen and oxygen atoms in total. The molecule has 2 unspecified atom stereocenters. The van der Waals surface area contributed by atoms with Crippen molar-refractivity contribution >= 4 is 28.8 Å². The lowest BCUT2D eigenvalue weighted by molar-refractivity contribution is -0.0567. The highest BCUT2D eigenvalue weighted by Gasteiger charge is 2.51. The largest absolute Gasteiger partial charge is 0.488 e. The molecule has 46 heavy (non-hydrogen) atoms. The predicted octanol–water partition coefficient (Wildman–Crippen LogP) is 6.10. The van der Waals surface area contributed by atoms with Crippen LogP contribution in [0.2, 0.25) is 5.02 Å². The third kappa shape index (κ3) is 7.58. The molecule has 1 fully saturated rings. The van der Waals surface area contributed by atoms with Crippen LogP contribution in [-0.4, -0.2) is 83.4 Å². The van der Waals surface area contributed by atoms with Gasteiger partial charge in [-0.3, -0.25) is 4.98 Å². The lowest BCUT2D eigenvalue weighted by atomic mass is 9.76. The fourth-order valence-electron chi connectivity index (χ4n) is 5.75. The highest BCUT2D eigenvalue weighted by molar-refractivity contribution is 6.32. The number of alkyl halides is 1. The fourth-order valence-corrected chi connectivity index (χ4v) is 6.33. The van der Waals surface area contributed by atoms with Gasteiger partial charge in [0.15, 0.2) is 0 Å². The van der Waals surface area contributed by atoms with Gasteiger partial charge in [-0.15, -0.1) is 11.6 Å². The van der Waals surface area contributed by atoms with Crippen LogP contribution >= 0.6 is 23.2 Å². The van der Waals surface area contributed by atoms with Gasteiger partial charge in [0.25, 0.3) is 0 Å². The van der Waals surface area contributed by atoms with Crippen LogP contribution in [0.15, 0.2) is 79.2 Å². The standard InChI is InChI=1S/C36H40Cl2N4O4/c1-35(38)31(28-9-5-4-6-10-28)11-7-12-36(35,46-14-8-13-42-21-30(22-42)41(2)3)25-45-34-17-33(29(23-43)16-32(34)37)44-24-27-15-26(18-39)19-40-20-27/h4-7,9-12,15-17,19-20,30,43H,8,13-14,21-25H2,1-3H3. The summed E-state index contributed by atoms with van der Waals surface area (Å²) in [5.74, 6) is 0.773. The Balaban J connectivity index is 1.35. The second-order valence-electron chi connectivity index (χ2n) is 12.1. The molecule has 2 aliphatic rings. The first kappa shape index (κ1) is 33.9. The van der Waals surface area contributed by atoms with E-state index in [1.807, 2.05) is 55.5 Å². The van der Waals surface area contributed by atoms with Crippen molar-refractivity contribution in [2.24, 2.45) is 0 Å². The van der Waals surface area contributed by atoms with Gasteiger partial charge in [0, 0.05) is 61.9 Å². The van der Waals surface area contributed by atoms with Crippen LogP contribution in [0.3, 0.4) is 0 Å². The lowest BCUT2D eigenvalue weighted by Gasteiger charge is -2.46. The zero-order valence-electron chi connectivity index (χ0n) is 26.5. The van der Waals surface area contributed by atoms with Gasteiger partial charge >= 0.3 is 0 Å². The number of hydrogen-bond donors (Lipinski definition) is 1. The van der Waals surface area contributed by atoms with Crippen molar-refractivity contribution in [1.82, 2.24) is 14.8 Å². The van der Waals surface area contributed by atoms with Crippen molar-refractivity contribution in [2.45, 2.75) is 43.1 Å². The van der Waals surface area contributed by atoms with E-state index in [2.05, 4.69) is 34.9 Å². The number of likely N-dealkylation sites (tertiary alicyclic amines) is 1. The average Bonchev–Trinajstić information content (AvgIpc) is 3.03. The number of likely N-dealkylation sites (N-methyl/N-ethyl adjacent to an activating group) is 1. The first-order valence-electron chi connectivity index (χ1n) is 15.4. The molecule has 0 bridgehead atoms. The summed E-state index contributed by atoms with van der Waals surface area (Å²) in [6.45, 7) is 5.45. The van der Waals surface area contributed by atoms with Crippen LogP contribution in [0.4, 0.5) is 0 Å². The number of halogens is 2. The zero-order chi connectivity index (χ0) is 32.7. The molecule has 1 aliphatic heterocycles. The number of rotatable bonds is 14. The van der Waals surface area contributed by atoms with Crippen molar-refractivity contribution < 1.29 is 19.3 Å². The SMILES string of the molecule is CN(C)C1CN(CCCOC2(COc3cc(OCc4cncc(C#N)c4)c(CO)cc3Cl)C=CC=C(c3ccccc3)C2(C)Cl)C1. The molecule has 2 heterocycles. The van der Waals surface area contributed by atoms with Gasteiger partial charge in [-0.25, -0.2) is 0 Å². The van der Waals surface area contributed by atoms with E-state index >= 15 is 0 Å². The third-order valence-corrected chi connectivity index (χ3v) is 9.52. The topological polar surface area (TPSA) is 91.1 Å². The molecule has 0 saturated carbocycles. The second kappa shape index (κ2) is 15.0. The van der Waals surface area contributed by atoms with Gasteiger partial charge in [-0.2, -0.15) is 5.26 Å². The van der Waals surface area contributed by atoms with Gasteiger partial charge in [-0.1, -0.05) is 54.1 Å². The number of pyridine rings is 1. The summed E-state index contributed by atoms with van der Waals surface area (Å²) < 4.78 is 19.2. The van der Waals surface area contributed by atoms with Crippen molar-refractivity contribution in [3.8, 4) is 17.6 Å². The van der Waals surface area contributed by atoms with Crippen molar-refractivity contribution in [2.75, 3.05) is 46.9 Å². The third-order valence-electron chi connectivity index (χ3n) is 8.71. The maximum Gasteiger partial charge on any atom is 0.143 e. The Bertz CT molecular complexity index is 1600. The van der Waals surface area contributed by atoms with Crippen LogP contribution in [-0.2, 0) is 18.0 Å².